The van der Waals surface area contributed by atoms with Crippen LogP contribution in [0.2, 0.25) is 0 Å². The van der Waals surface area contributed by atoms with Gasteiger partial charge in [-0.05, 0) is 23.7 Å². The van der Waals surface area contributed by atoms with Gasteiger partial charge >= 0.3 is 0 Å². The first-order valence-corrected chi connectivity index (χ1v) is 6.89. The van der Waals surface area contributed by atoms with Crippen LogP contribution in [-0.4, -0.2) is 17.3 Å². The minimum absolute atomic E-state index is 0.793. The Labute approximate surface area is 108 Å². The highest BCUT2D eigenvalue weighted by Gasteiger charge is 2.14. The molecule has 1 N–H and O–H groups in total. The zero-order valence-corrected chi connectivity index (χ0v) is 11.3. The number of allylic oxidation sites excluding steroid dienone is 3. The third kappa shape index (κ3) is 4.25. The molecule has 0 atom stereocenters. The highest BCUT2D eigenvalue weighted by molar-refractivity contribution is 7.80. The smallest absolute Gasteiger partial charge is 0.124 e. The van der Waals surface area contributed by atoms with Crippen molar-refractivity contribution in [1.29, 1.82) is 0 Å². The number of ether oxygens (including phenoxy) is 1. The fourth-order valence-corrected chi connectivity index (χ4v) is 2.00. The van der Waals surface area contributed by atoms with Crippen LogP contribution in [0, 0.1) is 0 Å². The molecule has 2 nitrogen and oxygen atoms in total. The van der Waals surface area contributed by atoms with E-state index >= 15 is 0 Å². The van der Waals surface area contributed by atoms with Crippen molar-refractivity contribution >= 4 is 37.9 Å². The van der Waals surface area contributed by atoms with Crippen LogP contribution in [0.5, 0.6) is 0 Å². The molecule has 0 radical (unpaired) electrons. The maximum Gasteiger partial charge on any atom is 0.124 e. The highest BCUT2D eigenvalue weighted by Crippen LogP contribution is 2.22. The predicted octanol–water partition coefficient (Wildman–Crippen LogP) is 2.62. The summed E-state index contributed by atoms with van der Waals surface area (Å²) in [5, 5.41) is 3.27. The van der Waals surface area contributed by atoms with E-state index < -0.39 is 0 Å². The van der Waals surface area contributed by atoms with Gasteiger partial charge in [-0.2, -0.15) is 37.9 Å². The Morgan fingerprint density at radius 1 is 1.00 bits per heavy atom. The van der Waals surface area contributed by atoms with Gasteiger partial charge in [-0.15, -0.1) is 0 Å². The summed E-state index contributed by atoms with van der Waals surface area (Å²) in [5.74, 6) is 4.35. The molecule has 0 saturated carbocycles. The third-order valence-electron chi connectivity index (χ3n) is 2.06. The molecule has 0 aromatic heterocycles. The van der Waals surface area contributed by atoms with Crippen molar-refractivity contribution in [3.05, 3.63) is 23.4 Å². The van der Waals surface area contributed by atoms with E-state index in [1.165, 1.54) is 0 Å². The van der Waals surface area contributed by atoms with E-state index in [9.17, 15) is 0 Å². The van der Waals surface area contributed by atoms with Gasteiger partial charge in [0.2, 0.25) is 0 Å². The van der Waals surface area contributed by atoms with Crippen LogP contribution in [0.3, 0.4) is 0 Å². The van der Waals surface area contributed by atoms with Gasteiger partial charge in [0.15, 0.2) is 0 Å². The lowest BCUT2D eigenvalue weighted by Crippen LogP contribution is -2.18. The van der Waals surface area contributed by atoms with Crippen molar-refractivity contribution in [3.63, 3.8) is 0 Å². The lowest BCUT2D eigenvalue weighted by atomic mass is 10.2. The topological polar surface area (TPSA) is 21.3 Å². The summed E-state index contributed by atoms with van der Waals surface area (Å²) in [6.07, 6.45) is 4.51. The van der Waals surface area contributed by atoms with Gasteiger partial charge in [-0.3, -0.25) is 0 Å². The first-order chi connectivity index (χ1) is 7.31. The van der Waals surface area contributed by atoms with Crippen LogP contribution in [0.15, 0.2) is 23.4 Å². The number of rotatable bonds is 6. The third-order valence-corrected chi connectivity index (χ3v) is 2.73. The molecule has 0 unspecified atom stereocenters. The largest absolute Gasteiger partial charge is 0.463 e. The molecule has 86 valence electrons. The zero-order valence-electron chi connectivity index (χ0n) is 8.57. The predicted molar refractivity (Wildman–Crippen MR) is 74.7 cm³/mol. The summed E-state index contributed by atoms with van der Waals surface area (Å²) < 4.78 is 5.78. The van der Waals surface area contributed by atoms with E-state index in [4.69, 9.17) is 4.74 Å². The minimum atomic E-state index is 0.793. The molecule has 0 aromatic rings. The molecule has 5 heteroatoms. The molecule has 0 aliphatic carbocycles. The Bertz CT molecular complexity index is 263. The molecular weight excluding hydrogens is 246 g/mol. The Hall–Kier alpha value is 0.130. The van der Waals surface area contributed by atoms with Gasteiger partial charge in [-0.25, -0.2) is 0 Å². The van der Waals surface area contributed by atoms with Crippen molar-refractivity contribution in [2.45, 2.75) is 19.3 Å². The van der Waals surface area contributed by atoms with E-state index in [0.29, 0.717) is 0 Å². The normalized spacial score (nSPS) is 15.8. The first-order valence-electron chi connectivity index (χ1n) is 4.99. The fourth-order valence-electron chi connectivity index (χ4n) is 1.36. The summed E-state index contributed by atoms with van der Waals surface area (Å²) in [7, 11) is 0. The zero-order chi connectivity index (χ0) is 11.1. The summed E-state index contributed by atoms with van der Waals surface area (Å²) in [6, 6.07) is 0. The van der Waals surface area contributed by atoms with Gasteiger partial charge in [0.25, 0.3) is 0 Å². The van der Waals surface area contributed by atoms with Gasteiger partial charge in [0, 0.05) is 19.0 Å². The Morgan fingerprint density at radius 3 is 2.27 bits per heavy atom. The van der Waals surface area contributed by atoms with Gasteiger partial charge in [0.1, 0.15) is 11.5 Å². The second-order valence-corrected chi connectivity index (χ2v) is 4.52. The lowest BCUT2D eigenvalue weighted by Gasteiger charge is -2.22. The van der Waals surface area contributed by atoms with E-state index in [-0.39, 0.29) is 0 Å². The maximum absolute atomic E-state index is 5.78. The molecule has 1 aliphatic rings. The highest BCUT2D eigenvalue weighted by atomic mass is 32.1. The molecule has 0 bridgehead atoms. The van der Waals surface area contributed by atoms with Crippen LogP contribution >= 0.6 is 37.9 Å². The molecule has 15 heavy (non-hydrogen) atoms. The standard InChI is InChI=1S/C10H17NOS3/c13-4-1-8-7-11-9(2-5-14)10(12-8)3-6-15/h7,11,13-15H,1-6H2. The fraction of sp³-hybridized carbons (Fsp3) is 0.600. The monoisotopic (exact) mass is 263 g/mol. The molecule has 1 aliphatic heterocycles. The Morgan fingerprint density at radius 2 is 1.67 bits per heavy atom. The molecule has 0 aromatic carbocycles. The van der Waals surface area contributed by atoms with Gasteiger partial charge in [-0.1, -0.05) is 0 Å². The van der Waals surface area contributed by atoms with Crippen molar-refractivity contribution in [2.24, 2.45) is 0 Å². The number of hydrogen-bond donors (Lipinski definition) is 4. The van der Waals surface area contributed by atoms with Crippen molar-refractivity contribution < 1.29 is 4.74 Å². The summed E-state index contributed by atoms with van der Waals surface area (Å²) in [4.78, 5) is 0. The summed E-state index contributed by atoms with van der Waals surface area (Å²) in [6.45, 7) is 0. The van der Waals surface area contributed by atoms with Crippen LogP contribution < -0.4 is 5.32 Å². The lowest BCUT2D eigenvalue weighted by molar-refractivity contribution is 0.264. The number of hydrogen-bond acceptors (Lipinski definition) is 5. The Balaban J connectivity index is 2.62. The molecule has 0 spiro atoms. The van der Waals surface area contributed by atoms with Crippen LogP contribution in [0.4, 0.5) is 0 Å². The van der Waals surface area contributed by atoms with Crippen LogP contribution in [0.25, 0.3) is 0 Å². The van der Waals surface area contributed by atoms with E-state index in [2.05, 4.69) is 43.2 Å². The number of nitrogens with one attached hydrogen (secondary N) is 1. The molecule has 1 heterocycles. The average molecular weight is 263 g/mol. The SMILES string of the molecule is SCCC1=CNC(CCS)=C(CCS)O1. The van der Waals surface area contributed by atoms with Crippen molar-refractivity contribution in [3.8, 4) is 0 Å². The van der Waals surface area contributed by atoms with E-state index in [1.807, 2.05) is 6.20 Å². The molecular formula is C10H17NOS3. The molecule has 1 rings (SSSR count). The van der Waals surface area contributed by atoms with E-state index in [1.54, 1.807) is 0 Å². The molecule has 0 saturated heterocycles. The average Bonchev–Trinajstić information content (AvgIpc) is 2.23. The summed E-state index contributed by atoms with van der Waals surface area (Å²) in [5.41, 5.74) is 1.13. The number of thiol groups is 3. The maximum atomic E-state index is 5.78. The van der Waals surface area contributed by atoms with Crippen LogP contribution in [-0.2, 0) is 4.74 Å². The molecule has 0 fully saturated rings. The first kappa shape index (κ1) is 13.2. The van der Waals surface area contributed by atoms with Crippen molar-refractivity contribution in [1.82, 2.24) is 5.32 Å². The van der Waals surface area contributed by atoms with Crippen LogP contribution in [0.1, 0.15) is 19.3 Å². The van der Waals surface area contributed by atoms with Gasteiger partial charge in [0.05, 0.1) is 5.70 Å². The van der Waals surface area contributed by atoms with Crippen molar-refractivity contribution in [2.75, 3.05) is 17.3 Å². The Kier molecular flexibility index (Phi) is 6.52. The van der Waals surface area contributed by atoms with Gasteiger partial charge < -0.3 is 10.1 Å². The minimum Gasteiger partial charge on any atom is -0.463 e. The second kappa shape index (κ2) is 7.41. The second-order valence-electron chi connectivity index (χ2n) is 3.18. The molecule has 0 amide bonds. The van der Waals surface area contributed by atoms with E-state index in [0.717, 1.165) is 53.7 Å². The quantitative estimate of drug-likeness (QED) is 0.553. The summed E-state index contributed by atoms with van der Waals surface area (Å²) >= 11 is 12.6.